The Bertz CT molecular complexity index is 1170. The van der Waals surface area contributed by atoms with Crippen LogP contribution in [0.3, 0.4) is 0 Å². The highest BCUT2D eigenvalue weighted by Crippen LogP contribution is 2.47. The van der Waals surface area contributed by atoms with E-state index in [1.807, 2.05) is 29.2 Å². The Kier molecular flexibility index (Phi) is 5.58. The van der Waals surface area contributed by atoms with E-state index in [4.69, 9.17) is 4.98 Å². The van der Waals surface area contributed by atoms with Gasteiger partial charge >= 0.3 is 0 Å². The van der Waals surface area contributed by atoms with Crippen molar-refractivity contribution >= 4 is 22.6 Å². The van der Waals surface area contributed by atoms with Gasteiger partial charge in [-0.05, 0) is 95.6 Å². The van der Waals surface area contributed by atoms with Gasteiger partial charge in [-0.2, -0.15) is 0 Å². The van der Waals surface area contributed by atoms with Gasteiger partial charge in [0.15, 0.2) is 0 Å². The SMILES string of the molecule is CC(C)N1NC=C2CC3(CC=C21)CCN(C(=O)c1ccc2ccc(NC(C)(C)C)nc2c1)CC3. The van der Waals surface area contributed by atoms with E-state index in [1.165, 1.54) is 11.3 Å². The van der Waals surface area contributed by atoms with Gasteiger partial charge in [-0.25, -0.2) is 4.98 Å². The van der Waals surface area contributed by atoms with E-state index >= 15 is 0 Å². The van der Waals surface area contributed by atoms with Gasteiger partial charge in [0.05, 0.1) is 11.2 Å². The molecule has 1 aromatic heterocycles. The Morgan fingerprint density at radius 2 is 1.88 bits per heavy atom. The van der Waals surface area contributed by atoms with E-state index in [2.05, 4.69) is 68.7 Å². The largest absolute Gasteiger partial charge is 0.365 e. The number of nitrogens with zero attached hydrogens (tertiary/aromatic N) is 3. The number of aromatic nitrogens is 1. The third-order valence-electron chi connectivity index (χ3n) is 7.33. The number of hydrazine groups is 1. The molecule has 34 heavy (non-hydrogen) atoms. The second-order valence-electron chi connectivity index (χ2n) is 11.5. The second kappa shape index (κ2) is 8.33. The fraction of sp³-hybridized carbons (Fsp3) is 0.500. The van der Waals surface area contributed by atoms with Crippen LogP contribution < -0.4 is 10.7 Å². The molecule has 1 aromatic carbocycles. The predicted octanol–water partition coefficient (Wildman–Crippen LogP) is 5.46. The van der Waals surface area contributed by atoms with E-state index in [9.17, 15) is 4.79 Å². The molecular formula is C28H37N5O. The molecule has 0 atom stereocenters. The minimum absolute atomic E-state index is 0.0649. The zero-order valence-electron chi connectivity index (χ0n) is 21.1. The maximum Gasteiger partial charge on any atom is 0.253 e. The summed E-state index contributed by atoms with van der Waals surface area (Å²) in [6.45, 7) is 12.4. The number of allylic oxidation sites excluding steroid dienone is 2. The number of likely N-dealkylation sites (tertiary alicyclic amines) is 1. The number of rotatable bonds is 3. The van der Waals surface area contributed by atoms with Gasteiger partial charge in [0, 0.05) is 41.8 Å². The van der Waals surface area contributed by atoms with Crippen LogP contribution in [0.4, 0.5) is 5.82 Å². The van der Waals surface area contributed by atoms with Gasteiger partial charge in [0.1, 0.15) is 5.82 Å². The van der Waals surface area contributed by atoms with Crippen molar-refractivity contribution in [3.05, 3.63) is 59.4 Å². The summed E-state index contributed by atoms with van der Waals surface area (Å²) in [6, 6.07) is 10.4. The summed E-state index contributed by atoms with van der Waals surface area (Å²) in [5.74, 6) is 0.952. The lowest BCUT2D eigenvalue weighted by Gasteiger charge is -2.44. The Morgan fingerprint density at radius 1 is 1.15 bits per heavy atom. The van der Waals surface area contributed by atoms with E-state index < -0.39 is 0 Å². The number of nitrogens with one attached hydrogen (secondary N) is 2. The van der Waals surface area contributed by atoms with E-state index in [0.29, 0.717) is 6.04 Å². The molecular weight excluding hydrogens is 422 g/mol. The van der Waals surface area contributed by atoms with Crippen molar-refractivity contribution in [1.29, 1.82) is 0 Å². The van der Waals surface area contributed by atoms with E-state index in [-0.39, 0.29) is 16.9 Å². The second-order valence-corrected chi connectivity index (χ2v) is 11.5. The molecule has 0 saturated carbocycles. The lowest BCUT2D eigenvalue weighted by Crippen LogP contribution is -2.44. The van der Waals surface area contributed by atoms with Gasteiger partial charge in [-0.3, -0.25) is 9.80 Å². The first-order valence-corrected chi connectivity index (χ1v) is 12.6. The summed E-state index contributed by atoms with van der Waals surface area (Å²) < 4.78 is 0. The van der Waals surface area contributed by atoms with E-state index in [0.717, 1.165) is 61.1 Å². The zero-order valence-corrected chi connectivity index (χ0v) is 21.1. The molecule has 1 amide bonds. The van der Waals surface area contributed by atoms with Crippen LogP contribution in [0.25, 0.3) is 10.9 Å². The lowest BCUT2D eigenvalue weighted by atomic mass is 9.68. The first-order valence-electron chi connectivity index (χ1n) is 12.6. The first kappa shape index (κ1) is 22.8. The van der Waals surface area contributed by atoms with Crippen molar-refractivity contribution in [3.63, 3.8) is 0 Å². The number of amides is 1. The summed E-state index contributed by atoms with van der Waals surface area (Å²) in [5.41, 5.74) is 7.99. The van der Waals surface area contributed by atoms with Crippen molar-refractivity contribution in [3.8, 4) is 0 Å². The number of hydrogen-bond donors (Lipinski definition) is 2. The highest BCUT2D eigenvalue weighted by molar-refractivity contribution is 5.98. The number of piperidine rings is 1. The molecule has 1 spiro atoms. The number of benzene rings is 1. The number of pyridine rings is 1. The molecule has 5 rings (SSSR count). The van der Waals surface area contributed by atoms with Gasteiger partial charge in [-0.15, -0.1) is 0 Å². The molecule has 6 heteroatoms. The van der Waals surface area contributed by atoms with Gasteiger partial charge in [-0.1, -0.05) is 12.1 Å². The summed E-state index contributed by atoms with van der Waals surface area (Å²) in [4.78, 5) is 20.2. The van der Waals surface area contributed by atoms with Gasteiger partial charge in [0.2, 0.25) is 0 Å². The Hall–Kier alpha value is -3.02. The van der Waals surface area contributed by atoms with Crippen molar-refractivity contribution in [2.45, 2.75) is 71.9 Å². The highest BCUT2D eigenvalue weighted by Gasteiger charge is 2.41. The maximum absolute atomic E-state index is 13.4. The third kappa shape index (κ3) is 4.38. The third-order valence-corrected chi connectivity index (χ3v) is 7.33. The first-order chi connectivity index (χ1) is 16.1. The van der Waals surface area contributed by atoms with Crippen molar-refractivity contribution in [1.82, 2.24) is 20.3 Å². The van der Waals surface area contributed by atoms with Crippen LogP contribution in [-0.4, -0.2) is 45.5 Å². The van der Waals surface area contributed by atoms with Crippen LogP contribution in [-0.2, 0) is 0 Å². The smallest absolute Gasteiger partial charge is 0.253 e. The summed E-state index contributed by atoms with van der Waals surface area (Å²) in [5, 5.41) is 6.73. The summed E-state index contributed by atoms with van der Waals surface area (Å²) in [7, 11) is 0. The minimum Gasteiger partial charge on any atom is -0.365 e. The number of anilines is 1. The lowest BCUT2D eigenvalue weighted by molar-refractivity contribution is 0.0571. The molecule has 6 nitrogen and oxygen atoms in total. The van der Waals surface area contributed by atoms with Gasteiger partial charge < -0.3 is 15.6 Å². The average molecular weight is 460 g/mol. The maximum atomic E-state index is 13.4. The number of carbonyl (C=O) groups is 1. The highest BCUT2D eigenvalue weighted by atomic mass is 16.2. The van der Waals surface area contributed by atoms with Crippen LogP contribution in [0, 0.1) is 5.41 Å². The fourth-order valence-electron chi connectivity index (χ4n) is 5.48. The molecule has 2 aromatic rings. The van der Waals surface area contributed by atoms with Crippen LogP contribution >= 0.6 is 0 Å². The molecule has 0 bridgehead atoms. The van der Waals surface area contributed by atoms with Crippen LogP contribution in [0.2, 0.25) is 0 Å². The Labute approximate surface area is 203 Å². The average Bonchev–Trinajstić information content (AvgIpc) is 3.21. The Morgan fingerprint density at radius 3 is 2.59 bits per heavy atom. The van der Waals surface area contributed by atoms with Crippen molar-refractivity contribution < 1.29 is 4.79 Å². The molecule has 0 unspecified atom stereocenters. The molecule has 0 radical (unpaired) electrons. The summed E-state index contributed by atoms with van der Waals surface area (Å²) in [6.07, 6.45) is 8.87. The van der Waals surface area contributed by atoms with Gasteiger partial charge in [0.25, 0.3) is 5.91 Å². The zero-order chi connectivity index (χ0) is 24.1. The topological polar surface area (TPSA) is 60.5 Å². The molecule has 3 aliphatic rings. The number of fused-ring (bicyclic) bond motifs is 2. The molecule has 2 aliphatic heterocycles. The predicted molar refractivity (Wildman–Crippen MR) is 138 cm³/mol. The quantitative estimate of drug-likeness (QED) is 0.638. The normalized spacial score (nSPS) is 19.7. The fourth-order valence-corrected chi connectivity index (χ4v) is 5.48. The summed E-state index contributed by atoms with van der Waals surface area (Å²) >= 11 is 0. The molecule has 1 aliphatic carbocycles. The number of carbonyl (C=O) groups excluding carboxylic acids is 1. The molecule has 3 heterocycles. The monoisotopic (exact) mass is 459 g/mol. The number of hydrogen-bond acceptors (Lipinski definition) is 5. The van der Waals surface area contributed by atoms with Crippen LogP contribution in [0.1, 0.15) is 70.7 Å². The molecule has 2 N–H and O–H groups in total. The van der Waals surface area contributed by atoms with Crippen molar-refractivity contribution in [2.75, 3.05) is 18.4 Å². The minimum atomic E-state index is -0.0649. The molecule has 180 valence electrons. The van der Waals surface area contributed by atoms with Crippen molar-refractivity contribution in [2.24, 2.45) is 5.41 Å². The molecule has 1 saturated heterocycles. The Balaban J connectivity index is 1.27. The molecule has 1 fully saturated rings. The van der Waals surface area contributed by atoms with Crippen LogP contribution in [0.5, 0.6) is 0 Å². The van der Waals surface area contributed by atoms with Crippen LogP contribution in [0.15, 0.2) is 53.9 Å². The standard InChI is InChI=1S/C28H37N5O/c1-19(2)33-24-10-11-28(17-22(24)18-29-33)12-14-32(15-13-28)26(34)21-7-6-20-8-9-25(30-23(20)16-21)31-27(3,4)5/h6-10,16,18-19,29H,11-15,17H2,1-5H3,(H,30,31). The van der Waals surface area contributed by atoms with E-state index in [1.54, 1.807) is 0 Å².